The minimum Gasteiger partial charge on any atom is -0.504 e. The zero-order valence-corrected chi connectivity index (χ0v) is 15.6. The van der Waals surface area contributed by atoms with E-state index in [2.05, 4.69) is 11.9 Å². The summed E-state index contributed by atoms with van der Waals surface area (Å²) in [7, 11) is 1.51. The fourth-order valence-corrected chi connectivity index (χ4v) is 3.26. The van der Waals surface area contributed by atoms with Gasteiger partial charge < -0.3 is 15.2 Å². The second-order valence-electron chi connectivity index (χ2n) is 6.69. The number of methoxy groups -OCH3 is 1. The van der Waals surface area contributed by atoms with Crippen molar-refractivity contribution in [1.29, 1.82) is 0 Å². The van der Waals surface area contributed by atoms with Crippen LogP contribution in [0.3, 0.4) is 0 Å². The van der Waals surface area contributed by atoms with Crippen LogP contribution in [0.5, 0.6) is 11.5 Å². The average molecular weight is 363 g/mol. The van der Waals surface area contributed by atoms with Gasteiger partial charge in [-0.05, 0) is 60.7 Å². The van der Waals surface area contributed by atoms with Crippen LogP contribution in [0.15, 0.2) is 54.6 Å². The number of benzene rings is 2. The van der Waals surface area contributed by atoms with Gasteiger partial charge in [0.15, 0.2) is 17.3 Å². The third-order valence-corrected chi connectivity index (χ3v) is 4.74. The van der Waals surface area contributed by atoms with Crippen LogP contribution in [-0.4, -0.2) is 24.5 Å². The van der Waals surface area contributed by atoms with Crippen molar-refractivity contribution in [3.63, 3.8) is 0 Å². The molecule has 2 aromatic carbocycles. The highest BCUT2D eigenvalue weighted by Crippen LogP contribution is 2.32. The third kappa shape index (κ3) is 4.40. The van der Waals surface area contributed by atoms with Gasteiger partial charge in [-0.1, -0.05) is 18.2 Å². The van der Waals surface area contributed by atoms with E-state index in [1.165, 1.54) is 7.11 Å². The number of unbranched alkanes of at least 4 members (excludes halogenated alkanes) is 2. The Hall–Kier alpha value is -3.01. The molecular formula is C23H25NO3. The molecule has 140 valence electrons. The van der Waals surface area contributed by atoms with E-state index in [0.717, 1.165) is 53.8 Å². The van der Waals surface area contributed by atoms with Gasteiger partial charge in [-0.2, -0.15) is 0 Å². The SMILES string of the molecule is C=CCCCCNc1ccc2c(c1)C(=O)/C(=C/c1ccc(O)c(OC)c1)C2. The lowest BCUT2D eigenvalue weighted by molar-refractivity contribution is 0.104. The van der Waals surface area contributed by atoms with E-state index in [-0.39, 0.29) is 11.5 Å². The Morgan fingerprint density at radius 1 is 1.22 bits per heavy atom. The van der Waals surface area contributed by atoms with Crippen molar-refractivity contribution in [2.45, 2.75) is 25.7 Å². The molecule has 3 rings (SSSR count). The maximum absolute atomic E-state index is 12.8. The number of ether oxygens (including phenoxy) is 1. The smallest absolute Gasteiger partial charge is 0.189 e. The number of nitrogens with one attached hydrogen (secondary N) is 1. The van der Waals surface area contributed by atoms with Gasteiger partial charge in [0.25, 0.3) is 0 Å². The van der Waals surface area contributed by atoms with Crippen molar-refractivity contribution in [3.05, 3.63) is 71.3 Å². The zero-order valence-electron chi connectivity index (χ0n) is 15.6. The first-order chi connectivity index (χ1) is 13.1. The van der Waals surface area contributed by atoms with E-state index in [1.807, 2.05) is 30.4 Å². The molecule has 0 saturated heterocycles. The Morgan fingerprint density at radius 3 is 2.85 bits per heavy atom. The number of carbonyl (C=O) groups excluding carboxylic acids is 1. The number of aromatic hydroxyl groups is 1. The molecule has 0 radical (unpaired) electrons. The summed E-state index contributed by atoms with van der Waals surface area (Å²) in [5.74, 6) is 0.548. The molecule has 1 aliphatic carbocycles. The maximum atomic E-state index is 12.8. The lowest BCUT2D eigenvalue weighted by atomic mass is 10.1. The second-order valence-corrected chi connectivity index (χ2v) is 6.69. The highest BCUT2D eigenvalue weighted by molar-refractivity contribution is 6.16. The maximum Gasteiger partial charge on any atom is 0.189 e. The molecular weight excluding hydrogens is 338 g/mol. The first-order valence-electron chi connectivity index (χ1n) is 9.22. The second kappa shape index (κ2) is 8.58. The quantitative estimate of drug-likeness (QED) is 0.394. The standard InChI is InChI=1S/C23H25NO3/c1-3-4-5-6-11-24-19-9-8-17-14-18(23(26)20(17)15-19)12-16-7-10-21(25)22(13-16)27-2/h3,7-10,12-13,15,24-25H,1,4-6,11,14H2,2H3/b18-12+. The minimum absolute atomic E-state index is 0.0624. The summed E-state index contributed by atoms with van der Waals surface area (Å²) in [6.45, 7) is 4.62. The number of carbonyl (C=O) groups is 1. The highest BCUT2D eigenvalue weighted by atomic mass is 16.5. The Bertz CT molecular complexity index is 883. The molecule has 0 bridgehead atoms. The molecule has 4 heteroatoms. The molecule has 0 aliphatic heterocycles. The molecule has 0 amide bonds. The summed E-state index contributed by atoms with van der Waals surface area (Å²) < 4.78 is 5.14. The summed E-state index contributed by atoms with van der Waals surface area (Å²) >= 11 is 0. The Labute approximate surface area is 160 Å². The number of Topliss-reactive ketones (excluding diaryl/α,β-unsaturated/α-hetero) is 1. The van der Waals surface area contributed by atoms with E-state index >= 15 is 0 Å². The molecule has 4 nitrogen and oxygen atoms in total. The van der Waals surface area contributed by atoms with E-state index in [0.29, 0.717) is 12.2 Å². The van der Waals surface area contributed by atoms with Crippen molar-refractivity contribution in [3.8, 4) is 11.5 Å². The summed E-state index contributed by atoms with van der Waals surface area (Å²) in [6.07, 6.45) is 7.64. The molecule has 0 unspecified atom stereocenters. The lowest BCUT2D eigenvalue weighted by Gasteiger charge is -2.07. The first-order valence-corrected chi connectivity index (χ1v) is 9.22. The van der Waals surface area contributed by atoms with Crippen LogP contribution in [0.2, 0.25) is 0 Å². The van der Waals surface area contributed by atoms with Crippen molar-refractivity contribution >= 4 is 17.5 Å². The van der Waals surface area contributed by atoms with Crippen molar-refractivity contribution in [2.24, 2.45) is 0 Å². The number of hydrogen-bond acceptors (Lipinski definition) is 4. The van der Waals surface area contributed by atoms with Gasteiger partial charge >= 0.3 is 0 Å². The van der Waals surface area contributed by atoms with E-state index < -0.39 is 0 Å². The molecule has 0 atom stereocenters. The van der Waals surface area contributed by atoms with Crippen LogP contribution < -0.4 is 10.1 Å². The molecule has 0 spiro atoms. The largest absolute Gasteiger partial charge is 0.504 e. The molecule has 0 aromatic heterocycles. The van der Waals surface area contributed by atoms with Crippen LogP contribution in [0.1, 0.15) is 40.7 Å². The number of allylic oxidation sites excluding steroid dienone is 2. The molecule has 2 aromatic rings. The van der Waals surface area contributed by atoms with Gasteiger partial charge in [-0.3, -0.25) is 4.79 Å². The molecule has 0 heterocycles. The number of fused-ring (bicyclic) bond motifs is 1. The fourth-order valence-electron chi connectivity index (χ4n) is 3.26. The Balaban J connectivity index is 1.72. The molecule has 0 fully saturated rings. The number of phenols is 1. The van der Waals surface area contributed by atoms with Gasteiger partial charge in [0.1, 0.15) is 0 Å². The van der Waals surface area contributed by atoms with Gasteiger partial charge in [0.2, 0.25) is 0 Å². The normalized spacial score (nSPS) is 14.3. The predicted octanol–water partition coefficient (Wildman–Crippen LogP) is 4.99. The van der Waals surface area contributed by atoms with Crippen molar-refractivity contribution in [1.82, 2.24) is 0 Å². The minimum atomic E-state index is 0.0624. The van der Waals surface area contributed by atoms with Gasteiger partial charge in [0, 0.05) is 29.8 Å². The monoisotopic (exact) mass is 363 g/mol. The predicted molar refractivity (Wildman–Crippen MR) is 110 cm³/mol. The van der Waals surface area contributed by atoms with E-state index in [1.54, 1.807) is 18.2 Å². The molecule has 27 heavy (non-hydrogen) atoms. The molecule has 1 aliphatic rings. The van der Waals surface area contributed by atoms with Crippen LogP contribution in [0.4, 0.5) is 5.69 Å². The Morgan fingerprint density at radius 2 is 2.07 bits per heavy atom. The average Bonchev–Trinajstić information content (AvgIpc) is 2.98. The van der Waals surface area contributed by atoms with Gasteiger partial charge in [-0.25, -0.2) is 0 Å². The zero-order chi connectivity index (χ0) is 19.2. The molecule has 2 N–H and O–H groups in total. The van der Waals surface area contributed by atoms with Crippen LogP contribution in [0, 0.1) is 0 Å². The van der Waals surface area contributed by atoms with Gasteiger partial charge in [0.05, 0.1) is 7.11 Å². The number of hydrogen-bond donors (Lipinski definition) is 2. The summed E-state index contributed by atoms with van der Waals surface area (Å²) in [5.41, 5.74) is 4.38. The topological polar surface area (TPSA) is 58.6 Å². The van der Waals surface area contributed by atoms with E-state index in [9.17, 15) is 9.90 Å². The van der Waals surface area contributed by atoms with E-state index in [4.69, 9.17) is 4.74 Å². The van der Waals surface area contributed by atoms with Gasteiger partial charge in [-0.15, -0.1) is 6.58 Å². The molecule has 0 saturated carbocycles. The summed E-state index contributed by atoms with van der Waals surface area (Å²) in [6, 6.07) is 11.1. The van der Waals surface area contributed by atoms with Crippen molar-refractivity contribution < 1.29 is 14.6 Å². The summed E-state index contributed by atoms with van der Waals surface area (Å²) in [5, 5.41) is 13.1. The number of ketones is 1. The number of anilines is 1. The fraction of sp³-hybridized carbons (Fsp3) is 0.261. The third-order valence-electron chi connectivity index (χ3n) is 4.74. The number of phenolic OH excluding ortho intramolecular Hbond substituents is 1. The van der Waals surface area contributed by atoms with Crippen LogP contribution in [0.25, 0.3) is 6.08 Å². The first kappa shape index (κ1) is 18.8. The number of rotatable bonds is 8. The highest BCUT2D eigenvalue weighted by Gasteiger charge is 2.25. The van der Waals surface area contributed by atoms with Crippen LogP contribution in [-0.2, 0) is 6.42 Å². The lowest BCUT2D eigenvalue weighted by Crippen LogP contribution is -2.03. The van der Waals surface area contributed by atoms with Crippen LogP contribution >= 0.6 is 0 Å². The Kier molecular flexibility index (Phi) is 5.97. The summed E-state index contributed by atoms with van der Waals surface area (Å²) in [4.78, 5) is 12.8. The van der Waals surface area contributed by atoms with Crippen molar-refractivity contribution in [2.75, 3.05) is 19.0 Å².